The second-order valence-electron chi connectivity index (χ2n) is 5.56. The number of nitrogens with one attached hydrogen (secondary N) is 2. The molecule has 1 aromatic heterocycles. The summed E-state index contributed by atoms with van der Waals surface area (Å²) in [5, 5.41) is 6.10. The van der Waals surface area contributed by atoms with E-state index in [4.69, 9.17) is 4.74 Å². The van der Waals surface area contributed by atoms with Crippen LogP contribution in [0.15, 0.2) is 36.7 Å². The van der Waals surface area contributed by atoms with E-state index in [-0.39, 0.29) is 5.91 Å². The van der Waals surface area contributed by atoms with E-state index >= 15 is 0 Å². The number of nitrogens with zero attached hydrogens (tertiary/aromatic N) is 2. The number of carbonyl (C=O) groups is 1. The van der Waals surface area contributed by atoms with Gasteiger partial charge in [0.1, 0.15) is 17.3 Å². The van der Waals surface area contributed by atoms with Crippen molar-refractivity contribution in [3.8, 4) is 5.75 Å². The highest BCUT2D eigenvalue weighted by molar-refractivity contribution is 5.92. The molecule has 0 atom stereocenters. The van der Waals surface area contributed by atoms with Gasteiger partial charge in [-0.15, -0.1) is 0 Å². The van der Waals surface area contributed by atoms with Gasteiger partial charge in [-0.25, -0.2) is 9.97 Å². The molecule has 6 heteroatoms. The van der Waals surface area contributed by atoms with Gasteiger partial charge in [0.25, 0.3) is 5.91 Å². The van der Waals surface area contributed by atoms with Crippen molar-refractivity contribution in [1.82, 2.24) is 15.3 Å². The lowest BCUT2D eigenvalue weighted by Gasteiger charge is -2.07. The van der Waals surface area contributed by atoms with E-state index in [1.54, 1.807) is 13.3 Å². The standard InChI is InChI=1S/C17H20N4O2/c1-23-14-6-2-12(3-7-14)8-9-18-16-11-19-15(10-20-16)17(22)21-13-4-5-13/h2-3,6-7,10-11,13H,4-5,8-9H2,1H3,(H,18,20)(H,21,22). The molecule has 1 aromatic carbocycles. The Hall–Kier alpha value is -2.63. The van der Waals surface area contributed by atoms with Crippen molar-refractivity contribution in [1.29, 1.82) is 0 Å². The Kier molecular flexibility index (Phi) is 4.71. The fourth-order valence-electron chi connectivity index (χ4n) is 2.15. The van der Waals surface area contributed by atoms with Gasteiger partial charge in [-0.3, -0.25) is 4.79 Å². The Morgan fingerprint density at radius 2 is 2.00 bits per heavy atom. The molecule has 1 saturated carbocycles. The maximum Gasteiger partial charge on any atom is 0.271 e. The zero-order valence-corrected chi connectivity index (χ0v) is 13.1. The zero-order valence-electron chi connectivity index (χ0n) is 13.1. The van der Waals surface area contributed by atoms with E-state index in [2.05, 4.69) is 20.6 Å². The van der Waals surface area contributed by atoms with Crippen LogP contribution in [0.3, 0.4) is 0 Å². The molecule has 0 bridgehead atoms. The van der Waals surface area contributed by atoms with Crippen molar-refractivity contribution in [2.24, 2.45) is 0 Å². The number of aromatic nitrogens is 2. The van der Waals surface area contributed by atoms with Crippen molar-refractivity contribution in [2.45, 2.75) is 25.3 Å². The number of amides is 1. The topological polar surface area (TPSA) is 76.1 Å². The average molecular weight is 312 g/mol. The lowest BCUT2D eigenvalue weighted by Crippen LogP contribution is -2.26. The summed E-state index contributed by atoms with van der Waals surface area (Å²) in [5.74, 6) is 1.37. The normalized spacial score (nSPS) is 13.4. The van der Waals surface area contributed by atoms with Crippen LogP contribution in [0, 0.1) is 0 Å². The molecule has 1 fully saturated rings. The third kappa shape index (κ3) is 4.42. The van der Waals surface area contributed by atoms with E-state index in [1.807, 2.05) is 24.3 Å². The molecular formula is C17H20N4O2. The van der Waals surface area contributed by atoms with Crippen LogP contribution in [-0.2, 0) is 6.42 Å². The Morgan fingerprint density at radius 1 is 1.22 bits per heavy atom. The van der Waals surface area contributed by atoms with Crippen LogP contribution >= 0.6 is 0 Å². The van der Waals surface area contributed by atoms with Crippen molar-refractivity contribution in [3.63, 3.8) is 0 Å². The molecule has 1 amide bonds. The lowest BCUT2D eigenvalue weighted by atomic mass is 10.1. The summed E-state index contributed by atoms with van der Waals surface area (Å²) in [6, 6.07) is 8.30. The minimum absolute atomic E-state index is 0.148. The molecule has 2 aromatic rings. The molecule has 0 unspecified atom stereocenters. The number of rotatable bonds is 7. The molecule has 2 N–H and O–H groups in total. The molecule has 0 radical (unpaired) electrons. The Morgan fingerprint density at radius 3 is 2.61 bits per heavy atom. The maximum atomic E-state index is 11.8. The van der Waals surface area contributed by atoms with Crippen molar-refractivity contribution < 1.29 is 9.53 Å². The number of carbonyl (C=O) groups excluding carboxylic acids is 1. The first-order valence-corrected chi connectivity index (χ1v) is 7.74. The fraction of sp³-hybridized carbons (Fsp3) is 0.353. The van der Waals surface area contributed by atoms with Crippen LogP contribution in [0.2, 0.25) is 0 Å². The Labute approximate surface area is 135 Å². The Balaban J connectivity index is 1.46. The molecule has 0 aliphatic heterocycles. The van der Waals surface area contributed by atoms with E-state index in [0.29, 0.717) is 17.6 Å². The molecule has 120 valence electrons. The highest BCUT2D eigenvalue weighted by atomic mass is 16.5. The van der Waals surface area contributed by atoms with Crippen LogP contribution in [0.5, 0.6) is 5.75 Å². The summed E-state index contributed by atoms with van der Waals surface area (Å²) in [7, 11) is 1.66. The third-order valence-corrected chi connectivity index (χ3v) is 3.68. The molecule has 3 rings (SSSR count). The van der Waals surface area contributed by atoms with Crippen molar-refractivity contribution in [3.05, 3.63) is 47.9 Å². The number of methoxy groups -OCH3 is 1. The molecule has 0 saturated heterocycles. The van der Waals surface area contributed by atoms with Gasteiger partial charge in [0, 0.05) is 12.6 Å². The molecular weight excluding hydrogens is 292 g/mol. The summed E-state index contributed by atoms with van der Waals surface area (Å²) in [6.07, 6.45) is 6.09. The number of hydrogen-bond acceptors (Lipinski definition) is 5. The van der Waals surface area contributed by atoms with Crippen molar-refractivity contribution in [2.75, 3.05) is 19.0 Å². The summed E-state index contributed by atoms with van der Waals surface area (Å²) < 4.78 is 5.13. The molecule has 1 aliphatic carbocycles. The van der Waals surface area contributed by atoms with Gasteiger partial charge >= 0.3 is 0 Å². The molecule has 6 nitrogen and oxygen atoms in total. The smallest absolute Gasteiger partial charge is 0.271 e. The minimum atomic E-state index is -0.148. The highest BCUT2D eigenvalue weighted by Gasteiger charge is 2.24. The van der Waals surface area contributed by atoms with Gasteiger partial charge in [-0.1, -0.05) is 12.1 Å². The van der Waals surface area contributed by atoms with E-state index in [9.17, 15) is 4.79 Å². The van der Waals surface area contributed by atoms with E-state index in [1.165, 1.54) is 11.8 Å². The van der Waals surface area contributed by atoms with Crippen molar-refractivity contribution >= 4 is 11.7 Å². The lowest BCUT2D eigenvalue weighted by molar-refractivity contribution is 0.0945. The summed E-state index contributed by atoms with van der Waals surface area (Å²) in [4.78, 5) is 20.2. The van der Waals surface area contributed by atoms with Gasteiger partial charge in [0.2, 0.25) is 0 Å². The van der Waals surface area contributed by atoms with Gasteiger partial charge in [0.15, 0.2) is 0 Å². The maximum absolute atomic E-state index is 11.8. The molecule has 23 heavy (non-hydrogen) atoms. The number of benzene rings is 1. The minimum Gasteiger partial charge on any atom is -0.497 e. The second kappa shape index (κ2) is 7.09. The molecule has 1 heterocycles. The quantitative estimate of drug-likeness (QED) is 0.818. The summed E-state index contributed by atoms with van der Waals surface area (Å²) in [6.45, 7) is 0.745. The van der Waals surface area contributed by atoms with Crippen LogP contribution in [-0.4, -0.2) is 35.6 Å². The van der Waals surface area contributed by atoms with Crippen LogP contribution in [0.25, 0.3) is 0 Å². The first kappa shape index (κ1) is 15.3. The van der Waals surface area contributed by atoms with Crippen LogP contribution in [0.1, 0.15) is 28.9 Å². The molecule has 1 aliphatic rings. The fourth-order valence-corrected chi connectivity index (χ4v) is 2.15. The SMILES string of the molecule is COc1ccc(CCNc2cnc(C(=O)NC3CC3)cn2)cc1. The van der Waals surface area contributed by atoms with E-state index in [0.717, 1.165) is 31.6 Å². The van der Waals surface area contributed by atoms with Gasteiger partial charge in [-0.05, 0) is 37.0 Å². The van der Waals surface area contributed by atoms with Gasteiger partial charge in [-0.2, -0.15) is 0 Å². The average Bonchev–Trinajstić information content (AvgIpc) is 3.40. The zero-order chi connectivity index (χ0) is 16.1. The predicted molar refractivity (Wildman–Crippen MR) is 87.7 cm³/mol. The van der Waals surface area contributed by atoms with Crippen LogP contribution in [0.4, 0.5) is 5.82 Å². The number of ether oxygens (including phenoxy) is 1. The van der Waals surface area contributed by atoms with E-state index < -0.39 is 0 Å². The monoisotopic (exact) mass is 312 g/mol. The molecule has 0 spiro atoms. The van der Waals surface area contributed by atoms with Crippen LogP contribution < -0.4 is 15.4 Å². The van der Waals surface area contributed by atoms with Gasteiger partial charge in [0.05, 0.1) is 19.5 Å². The number of anilines is 1. The predicted octanol–water partition coefficient (Wildman–Crippen LogP) is 2.03. The summed E-state index contributed by atoms with van der Waals surface area (Å²) in [5.41, 5.74) is 1.57. The third-order valence-electron chi connectivity index (χ3n) is 3.68. The second-order valence-corrected chi connectivity index (χ2v) is 5.56. The van der Waals surface area contributed by atoms with Gasteiger partial charge < -0.3 is 15.4 Å². The first-order valence-electron chi connectivity index (χ1n) is 7.74. The number of hydrogen-bond donors (Lipinski definition) is 2. The Bertz CT molecular complexity index is 651. The highest BCUT2D eigenvalue weighted by Crippen LogP contribution is 2.19. The summed E-state index contributed by atoms with van der Waals surface area (Å²) >= 11 is 0. The first-order chi connectivity index (χ1) is 11.2. The largest absolute Gasteiger partial charge is 0.497 e.